The smallest absolute Gasteiger partial charge is 0.410 e. The Labute approximate surface area is 145 Å². The van der Waals surface area contributed by atoms with Crippen LogP contribution in [-0.4, -0.2) is 55.2 Å². The second-order valence-corrected chi connectivity index (χ2v) is 6.03. The van der Waals surface area contributed by atoms with E-state index in [0.717, 1.165) is 18.4 Å². The molecule has 2 heterocycles. The lowest BCUT2D eigenvalue weighted by Gasteiger charge is -2.13. The summed E-state index contributed by atoms with van der Waals surface area (Å²) >= 11 is 0. The molecule has 1 aromatic rings. The molecule has 8 heteroatoms. The van der Waals surface area contributed by atoms with Crippen molar-refractivity contribution in [2.75, 3.05) is 31.6 Å². The number of benzene rings is 1. The van der Waals surface area contributed by atoms with E-state index in [1.54, 1.807) is 29.2 Å². The van der Waals surface area contributed by atoms with Gasteiger partial charge in [-0.1, -0.05) is 12.1 Å². The number of anilines is 1. The highest BCUT2D eigenvalue weighted by Gasteiger charge is 2.22. The van der Waals surface area contributed by atoms with Crippen LogP contribution >= 0.6 is 0 Å². The molecule has 1 atom stereocenters. The first-order valence-electron chi connectivity index (χ1n) is 8.33. The van der Waals surface area contributed by atoms with Crippen molar-refractivity contribution in [2.24, 2.45) is 0 Å². The maximum absolute atomic E-state index is 11.9. The van der Waals surface area contributed by atoms with Gasteiger partial charge in [0.25, 0.3) is 0 Å². The minimum atomic E-state index is -0.714. The van der Waals surface area contributed by atoms with E-state index in [0.29, 0.717) is 38.5 Å². The summed E-state index contributed by atoms with van der Waals surface area (Å²) in [7, 11) is 0. The van der Waals surface area contributed by atoms with Crippen molar-refractivity contribution in [3.8, 4) is 0 Å². The molecule has 0 saturated carbocycles. The van der Waals surface area contributed by atoms with Gasteiger partial charge in [-0.2, -0.15) is 0 Å². The van der Waals surface area contributed by atoms with Gasteiger partial charge in [0.05, 0.1) is 12.6 Å². The van der Waals surface area contributed by atoms with Crippen molar-refractivity contribution in [1.29, 1.82) is 0 Å². The van der Waals surface area contributed by atoms with Crippen LogP contribution in [0, 0.1) is 0 Å². The van der Waals surface area contributed by atoms with Gasteiger partial charge in [0, 0.05) is 25.4 Å². The Morgan fingerprint density at radius 1 is 1.16 bits per heavy atom. The Kier molecular flexibility index (Phi) is 5.49. The topological polar surface area (TPSA) is 97.0 Å². The number of amides is 3. The average Bonchev–Trinajstić information content (AvgIpc) is 3.26. The summed E-state index contributed by atoms with van der Waals surface area (Å²) in [5.41, 5.74) is 1.43. The zero-order valence-electron chi connectivity index (χ0n) is 13.8. The van der Waals surface area contributed by atoms with Gasteiger partial charge in [0.1, 0.15) is 6.61 Å². The molecule has 25 heavy (non-hydrogen) atoms. The van der Waals surface area contributed by atoms with E-state index < -0.39 is 11.8 Å². The lowest BCUT2D eigenvalue weighted by Crippen LogP contribution is -2.39. The predicted octanol–water partition coefficient (Wildman–Crippen LogP) is 0.872. The lowest BCUT2D eigenvalue weighted by molar-refractivity contribution is -0.136. The molecular weight excluding hydrogens is 326 g/mol. The number of nitrogens with zero attached hydrogens (tertiary/aromatic N) is 1. The Morgan fingerprint density at radius 2 is 1.96 bits per heavy atom. The number of nitrogens with one attached hydrogen (secondary N) is 2. The molecular formula is C17H21N3O5. The fraction of sp³-hybridized carbons (Fsp3) is 0.471. The van der Waals surface area contributed by atoms with Crippen LogP contribution in [0.4, 0.5) is 10.5 Å². The van der Waals surface area contributed by atoms with Crippen LogP contribution in [0.5, 0.6) is 0 Å². The molecule has 8 nitrogen and oxygen atoms in total. The zero-order chi connectivity index (χ0) is 17.6. The first-order valence-corrected chi connectivity index (χ1v) is 8.33. The van der Waals surface area contributed by atoms with Crippen LogP contribution in [0.25, 0.3) is 0 Å². The molecule has 0 bridgehead atoms. The van der Waals surface area contributed by atoms with Crippen molar-refractivity contribution in [3.63, 3.8) is 0 Å². The SMILES string of the molecule is O=C(NC[C@@H]1CCCO1)C(=O)Nc1ccc(CN2CCOC2=O)cc1. The molecule has 1 aromatic carbocycles. The van der Waals surface area contributed by atoms with Crippen molar-refractivity contribution in [3.05, 3.63) is 29.8 Å². The number of ether oxygens (including phenoxy) is 2. The molecule has 0 unspecified atom stereocenters. The Morgan fingerprint density at radius 3 is 2.60 bits per heavy atom. The third kappa shape index (κ3) is 4.69. The van der Waals surface area contributed by atoms with Crippen LogP contribution in [0.1, 0.15) is 18.4 Å². The largest absolute Gasteiger partial charge is 0.448 e. The van der Waals surface area contributed by atoms with Crippen LogP contribution in [0.3, 0.4) is 0 Å². The van der Waals surface area contributed by atoms with Crippen LogP contribution in [0.2, 0.25) is 0 Å². The first-order chi connectivity index (χ1) is 12.1. The molecule has 0 spiro atoms. The van der Waals surface area contributed by atoms with Gasteiger partial charge in [-0.05, 0) is 30.5 Å². The highest BCUT2D eigenvalue weighted by molar-refractivity contribution is 6.39. The number of cyclic esters (lactones) is 1. The summed E-state index contributed by atoms with van der Waals surface area (Å²) in [6, 6.07) is 6.99. The van der Waals surface area contributed by atoms with Crippen LogP contribution in [0.15, 0.2) is 24.3 Å². The highest BCUT2D eigenvalue weighted by atomic mass is 16.6. The number of carbonyl (C=O) groups excluding carboxylic acids is 3. The number of rotatable bonds is 5. The van der Waals surface area contributed by atoms with Gasteiger partial charge >= 0.3 is 17.9 Å². The third-order valence-corrected chi connectivity index (χ3v) is 4.15. The Bertz CT molecular complexity index is 640. The second-order valence-electron chi connectivity index (χ2n) is 6.03. The molecule has 3 rings (SSSR count). The molecule has 0 aliphatic carbocycles. The minimum Gasteiger partial charge on any atom is -0.448 e. The van der Waals surface area contributed by atoms with E-state index in [1.807, 2.05) is 0 Å². The third-order valence-electron chi connectivity index (χ3n) is 4.15. The molecule has 2 aliphatic heterocycles. The van der Waals surface area contributed by atoms with Gasteiger partial charge in [-0.15, -0.1) is 0 Å². The molecule has 2 N–H and O–H groups in total. The molecule has 0 radical (unpaired) electrons. The van der Waals surface area contributed by atoms with E-state index in [4.69, 9.17) is 9.47 Å². The monoisotopic (exact) mass is 347 g/mol. The number of carbonyl (C=O) groups is 3. The fourth-order valence-electron chi connectivity index (χ4n) is 2.76. The van der Waals surface area contributed by atoms with Crippen LogP contribution < -0.4 is 10.6 Å². The molecule has 134 valence electrons. The maximum Gasteiger partial charge on any atom is 0.410 e. The minimum absolute atomic E-state index is 0.00619. The molecule has 2 aliphatic rings. The Balaban J connectivity index is 1.46. The van der Waals surface area contributed by atoms with E-state index in [1.165, 1.54) is 0 Å². The predicted molar refractivity (Wildman–Crippen MR) is 88.8 cm³/mol. The summed E-state index contributed by atoms with van der Waals surface area (Å²) in [5.74, 6) is -1.40. The van der Waals surface area contributed by atoms with Gasteiger partial charge in [-0.25, -0.2) is 4.79 Å². The molecule has 2 saturated heterocycles. The summed E-state index contributed by atoms with van der Waals surface area (Å²) in [6.45, 7) is 2.48. The summed E-state index contributed by atoms with van der Waals surface area (Å²) in [6.07, 6.45) is 1.55. The summed E-state index contributed by atoms with van der Waals surface area (Å²) in [4.78, 5) is 36.7. The van der Waals surface area contributed by atoms with Gasteiger partial charge < -0.3 is 25.0 Å². The van der Waals surface area contributed by atoms with Crippen molar-refractivity contribution in [1.82, 2.24) is 10.2 Å². The zero-order valence-corrected chi connectivity index (χ0v) is 13.8. The Hall–Kier alpha value is -2.61. The van der Waals surface area contributed by atoms with Crippen molar-refractivity contribution in [2.45, 2.75) is 25.5 Å². The van der Waals surface area contributed by atoms with Crippen LogP contribution in [-0.2, 0) is 25.6 Å². The van der Waals surface area contributed by atoms with E-state index in [9.17, 15) is 14.4 Å². The quantitative estimate of drug-likeness (QED) is 0.771. The fourth-order valence-corrected chi connectivity index (χ4v) is 2.76. The van der Waals surface area contributed by atoms with Crippen molar-refractivity contribution >= 4 is 23.6 Å². The summed E-state index contributed by atoms with van der Waals surface area (Å²) in [5, 5.41) is 5.12. The maximum atomic E-state index is 11.9. The molecule has 3 amide bonds. The highest BCUT2D eigenvalue weighted by Crippen LogP contribution is 2.14. The lowest BCUT2D eigenvalue weighted by atomic mass is 10.2. The number of hydrogen-bond acceptors (Lipinski definition) is 5. The van der Waals surface area contributed by atoms with Gasteiger partial charge in [0.15, 0.2) is 0 Å². The molecule has 2 fully saturated rings. The average molecular weight is 347 g/mol. The number of hydrogen-bond donors (Lipinski definition) is 2. The molecule has 0 aromatic heterocycles. The van der Waals surface area contributed by atoms with E-state index in [-0.39, 0.29) is 12.2 Å². The normalized spacial score (nSPS) is 19.6. The van der Waals surface area contributed by atoms with E-state index in [2.05, 4.69) is 10.6 Å². The van der Waals surface area contributed by atoms with E-state index >= 15 is 0 Å². The van der Waals surface area contributed by atoms with Gasteiger partial charge in [0.2, 0.25) is 0 Å². The van der Waals surface area contributed by atoms with Gasteiger partial charge in [-0.3, -0.25) is 9.59 Å². The first kappa shape index (κ1) is 17.2. The second kappa shape index (κ2) is 7.98. The summed E-state index contributed by atoms with van der Waals surface area (Å²) < 4.78 is 10.3. The van der Waals surface area contributed by atoms with Crippen molar-refractivity contribution < 1.29 is 23.9 Å². The standard InChI is InChI=1S/C17H21N3O5/c21-15(18-10-14-2-1-8-24-14)16(22)19-13-5-3-12(4-6-13)11-20-7-9-25-17(20)23/h3-6,14H,1-2,7-11H2,(H,18,21)(H,19,22)/t14-/m0/s1.